The fraction of sp³-hybridized carbons (Fsp3) is 1.00. The topological polar surface area (TPSA) is 9.72 Å². The van der Waals surface area contributed by atoms with Gasteiger partial charge in [-0.1, -0.05) is 0 Å². The summed E-state index contributed by atoms with van der Waals surface area (Å²) in [5, 5.41) is 0. The van der Waals surface area contributed by atoms with E-state index in [1.54, 1.807) is 0 Å². The predicted octanol–water partition coefficient (Wildman–Crippen LogP) is -0.502. The van der Waals surface area contributed by atoms with Crippen molar-refractivity contribution in [2.45, 2.75) is 0 Å². The van der Waals surface area contributed by atoms with Crippen molar-refractivity contribution in [1.29, 1.82) is 0 Å². The second-order valence-electron chi connectivity index (χ2n) is 5.32. The van der Waals surface area contributed by atoms with Gasteiger partial charge in [0, 0.05) is 13.1 Å². The van der Waals surface area contributed by atoms with E-state index in [0.717, 1.165) is 6.67 Å². The van der Waals surface area contributed by atoms with E-state index in [9.17, 15) is 0 Å². The number of hydrogen-bond donors (Lipinski definition) is 0. The van der Waals surface area contributed by atoms with Crippen LogP contribution in [0.15, 0.2) is 0 Å². The van der Waals surface area contributed by atoms with Crippen LogP contribution in [0, 0.1) is 0 Å². The predicted molar refractivity (Wildman–Crippen MR) is 57.6 cm³/mol. The van der Waals surface area contributed by atoms with Crippen LogP contribution in [0.25, 0.3) is 0 Å². The number of nitrogens with zero attached hydrogens (tertiary/aromatic N) is 4. The molecule has 2 rings (SSSR count). The molecule has 0 radical (unpaired) electrons. The van der Waals surface area contributed by atoms with Gasteiger partial charge in [0.05, 0.1) is 26.8 Å². The zero-order chi connectivity index (χ0) is 10.2. The Morgan fingerprint density at radius 3 is 2.36 bits per heavy atom. The smallest absolute Gasteiger partial charge is 0.137 e. The maximum Gasteiger partial charge on any atom is 0.137 e. The summed E-state index contributed by atoms with van der Waals surface area (Å²) in [5.74, 6) is 0. The lowest BCUT2D eigenvalue weighted by Crippen LogP contribution is -2.50. The molecule has 2 aliphatic heterocycles. The first-order chi connectivity index (χ1) is 6.57. The van der Waals surface area contributed by atoms with E-state index in [1.165, 1.54) is 44.0 Å². The van der Waals surface area contributed by atoms with Crippen LogP contribution in [0.3, 0.4) is 0 Å². The van der Waals surface area contributed by atoms with Crippen molar-refractivity contribution in [3.05, 3.63) is 0 Å². The molecular formula is C10H23N4+. The average molecular weight is 199 g/mol. The van der Waals surface area contributed by atoms with E-state index in [0.29, 0.717) is 0 Å². The molecule has 4 heteroatoms. The highest BCUT2D eigenvalue weighted by molar-refractivity contribution is 4.66. The third-order valence-electron chi connectivity index (χ3n) is 3.39. The van der Waals surface area contributed by atoms with E-state index in [4.69, 9.17) is 0 Å². The van der Waals surface area contributed by atoms with Gasteiger partial charge in [0.1, 0.15) is 13.3 Å². The van der Waals surface area contributed by atoms with Crippen molar-refractivity contribution in [1.82, 2.24) is 14.7 Å². The summed E-state index contributed by atoms with van der Waals surface area (Å²) >= 11 is 0. The number of quaternary nitrogens is 1. The fourth-order valence-electron chi connectivity index (χ4n) is 2.65. The molecule has 2 fully saturated rings. The Balaban J connectivity index is 1.85. The second-order valence-corrected chi connectivity index (χ2v) is 5.32. The van der Waals surface area contributed by atoms with Gasteiger partial charge in [-0.05, 0) is 14.1 Å². The Hall–Kier alpha value is -0.160. The molecule has 2 saturated heterocycles. The third kappa shape index (κ3) is 2.25. The molecule has 2 heterocycles. The molecule has 0 amide bonds. The quantitative estimate of drug-likeness (QED) is 0.555. The normalized spacial score (nSPS) is 37.1. The van der Waals surface area contributed by atoms with Gasteiger partial charge in [-0.15, -0.1) is 0 Å². The molecule has 0 aliphatic carbocycles. The molecule has 14 heavy (non-hydrogen) atoms. The van der Waals surface area contributed by atoms with Crippen molar-refractivity contribution in [3.63, 3.8) is 0 Å². The third-order valence-corrected chi connectivity index (χ3v) is 3.39. The SMILES string of the molecule is CN1CCN(C[N+]2(C)CCN(C)C2)C1. The Bertz CT molecular complexity index is 208. The molecule has 4 nitrogen and oxygen atoms in total. The summed E-state index contributed by atoms with van der Waals surface area (Å²) < 4.78 is 1.20. The highest BCUT2D eigenvalue weighted by Gasteiger charge is 2.33. The molecule has 2 aliphatic rings. The van der Waals surface area contributed by atoms with E-state index in [2.05, 4.69) is 35.8 Å². The molecule has 0 bridgehead atoms. The summed E-state index contributed by atoms with van der Waals surface area (Å²) in [5.41, 5.74) is 0. The van der Waals surface area contributed by atoms with Gasteiger partial charge in [-0.3, -0.25) is 14.3 Å². The van der Waals surface area contributed by atoms with Crippen molar-refractivity contribution in [2.75, 3.05) is 67.3 Å². The molecule has 0 aromatic heterocycles. The zero-order valence-corrected chi connectivity index (χ0v) is 9.74. The van der Waals surface area contributed by atoms with Crippen LogP contribution < -0.4 is 0 Å². The Labute approximate surface area is 87.3 Å². The summed E-state index contributed by atoms with van der Waals surface area (Å²) in [4.78, 5) is 7.39. The molecule has 0 saturated carbocycles. The van der Waals surface area contributed by atoms with E-state index >= 15 is 0 Å². The lowest BCUT2D eigenvalue weighted by Gasteiger charge is -2.32. The molecule has 0 aromatic carbocycles. The molecule has 0 aromatic rings. The lowest BCUT2D eigenvalue weighted by atomic mass is 10.5. The van der Waals surface area contributed by atoms with E-state index in [1.807, 2.05) is 0 Å². The summed E-state index contributed by atoms with van der Waals surface area (Å²) in [6.45, 7) is 8.60. The van der Waals surface area contributed by atoms with E-state index < -0.39 is 0 Å². The molecular weight excluding hydrogens is 176 g/mol. The van der Waals surface area contributed by atoms with Crippen LogP contribution in [0.5, 0.6) is 0 Å². The average Bonchev–Trinajstić information content (AvgIpc) is 2.60. The van der Waals surface area contributed by atoms with Crippen LogP contribution in [-0.2, 0) is 0 Å². The fourth-order valence-corrected chi connectivity index (χ4v) is 2.65. The minimum Gasteiger partial charge on any atom is -0.300 e. The van der Waals surface area contributed by atoms with Crippen LogP contribution in [0.1, 0.15) is 0 Å². The monoisotopic (exact) mass is 199 g/mol. The second kappa shape index (κ2) is 3.77. The highest BCUT2D eigenvalue weighted by Crippen LogP contribution is 2.14. The van der Waals surface area contributed by atoms with Gasteiger partial charge < -0.3 is 0 Å². The zero-order valence-electron chi connectivity index (χ0n) is 9.74. The number of hydrogen-bond acceptors (Lipinski definition) is 3. The first-order valence-electron chi connectivity index (χ1n) is 5.50. The minimum atomic E-state index is 1.15. The van der Waals surface area contributed by atoms with Gasteiger partial charge in [0.2, 0.25) is 0 Å². The van der Waals surface area contributed by atoms with Crippen molar-refractivity contribution in [3.8, 4) is 0 Å². The van der Waals surface area contributed by atoms with Crippen LogP contribution >= 0.6 is 0 Å². The summed E-state index contributed by atoms with van der Waals surface area (Å²) in [7, 11) is 6.80. The summed E-state index contributed by atoms with van der Waals surface area (Å²) in [6.07, 6.45) is 0. The minimum absolute atomic E-state index is 1.15. The lowest BCUT2D eigenvalue weighted by molar-refractivity contribution is -0.911. The van der Waals surface area contributed by atoms with Gasteiger partial charge in [-0.25, -0.2) is 4.90 Å². The van der Waals surface area contributed by atoms with Crippen LogP contribution in [0.2, 0.25) is 0 Å². The Morgan fingerprint density at radius 1 is 1.07 bits per heavy atom. The maximum atomic E-state index is 2.57. The van der Waals surface area contributed by atoms with Crippen molar-refractivity contribution in [2.24, 2.45) is 0 Å². The van der Waals surface area contributed by atoms with Gasteiger partial charge in [-0.2, -0.15) is 0 Å². The number of rotatable bonds is 2. The van der Waals surface area contributed by atoms with Gasteiger partial charge in [0.25, 0.3) is 0 Å². The Morgan fingerprint density at radius 2 is 1.86 bits per heavy atom. The molecule has 0 spiro atoms. The number of likely N-dealkylation sites (N-methyl/N-ethyl adjacent to an activating group) is 3. The van der Waals surface area contributed by atoms with Crippen LogP contribution in [-0.4, -0.2) is 86.5 Å². The first kappa shape index (κ1) is 10.4. The molecule has 82 valence electrons. The molecule has 1 atom stereocenters. The first-order valence-corrected chi connectivity index (χ1v) is 5.50. The van der Waals surface area contributed by atoms with Crippen molar-refractivity contribution >= 4 is 0 Å². The summed E-state index contributed by atoms with van der Waals surface area (Å²) in [6, 6.07) is 0. The largest absolute Gasteiger partial charge is 0.300 e. The van der Waals surface area contributed by atoms with Crippen LogP contribution in [0.4, 0.5) is 0 Å². The molecule has 1 unspecified atom stereocenters. The van der Waals surface area contributed by atoms with Crippen molar-refractivity contribution < 1.29 is 4.48 Å². The maximum absolute atomic E-state index is 2.57. The van der Waals surface area contributed by atoms with Gasteiger partial charge in [0.15, 0.2) is 0 Å². The molecule has 0 N–H and O–H groups in total. The Kier molecular flexibility index (Phi) is 2.79. The van der Waals surface area contributed by atoms with Gasteiger partial charge >= 0.3 is 0 Å². The standard InChI is InChI=1S/C10H23N4/c1-11-4-5-13(8-11)10-14(3)7-6-12(2)9-14/h4-10H2,1-3H3/q+1. The highest BCUT2D eigenvalue weighted by atomic mass is 15.6. The van der Waals surface area contributed by atoms with E-state index in [-0.39, 0.29) is 0 Å².